The van der Waals surface area contributed by atoms with E-state index in [1.165, 1.54) is 11.3 Å². The first kappa shape index (κ1) is 16.9. The van der Waals surface area contributed by atoms with E-state index in [0.29, 0.717) is 27.4 Å². The van der Waals surface area contributed by atoms with Gasteiger partial charge in [0, 0.05) is 4.88 Å². The topological polar surface area (TPSA) is 72.7 Å². The average Bonchev–Trinajstić information content (AvgIpc) is 3.10. The minimum absolute atomic E-state index is 0.253. The first-order valence-corrected chi connectivity index (χ1v) is 8.52. The van der Waals surface area contributed by atoms with Crippen molar-refractivity contribution in [1.82, 2.24) is 20.0 Å². The molecule has 0 atom stereocenters. The summed E-state index contributed by atoms with van der Waals surface area (Å²) in [6.07, 6.45) is 2.78. The molecule has 1 radical (unpaired) electrons. The zero-order chi connectivity index (χ0) is 17.3. The van der Waals surface area contributed by atoms with E-state index in [2.05, 4.69) is 26.8 Å². The van der Waals surface area contributed by atoms with Crippen molar-refractivity contribution >= 4 is 45.6 Å². The van der Waals surface area contributed by atoms with Crippen LogP contribution in [0.4, 0.5) is 5.13 Å². The van der Waals surface area contributed by atoms with Crippen LogP contribution in [-0.4, -0.2) is 25.9 Å². The van der Waals surface area contributed by atoms with Crippen LogP contribution in [-0.2, 0) is 6.54 Å². The number of amides is 1. The summed E-state index contributed by atoms with van der Waals surface area (Å²) in [5.41, 5.74) is 1.81. The van der Waals surface area contributed by atoms with Crippen molar-refractivity contribution in [2.45, 2.75) is 20.4 Å². The van der Waals surface area contributed by atoms with E-state index in [9.17, 15) is 4.79 Å². The van der Waals surface area contributed by atoms with Crippen LogP contribution in [0.1, 0.15) is 26.6 Å². The minimum atomic E-state index is -0.351. The van der Waals surface area contributed by atoms with E-state index in [0.717, 1.165) is 10.4 Å². The van der Waals surface area contributed by atoms with Gasteiger partial charge in [0.25, 0.3) is 5.91 Å². The van der Waals surface area contributed by atoms with Crippen LogP contribution in [0.2, 0.25) is 10.0 Å². The highest BCUT2D eigenvalue weighted by Gasteiger charge is 2.18. The summed E-state index contributed by atoms with van der Waals surface area (Å²) in [5.74, 6) is -0.351. The number of nitrogens with one attached hydrogen (secondary N) is 1. The Bertz CT molecular complexity index is 905. The predicted molar refractivity (Wildman–Crippen MR) is 94.0 cm³/mol. The first-order valence-electron chi connectivity index (χ1n) is 6.94. The highest BCUT2D eigenvalue weighted by Crippen LogP contribution is 2.23. The Hall–Kier alpha value is -1.96. The largest absolute Gasteiger partial charge is 0.296 e. The maximum absolute atomic E-state index is 12.3. The number of rotatable bonds is 4. The summed E-state index contributed by atoms with van der Waals surface area (Å²) in [5, 5.41) is 12.1. The number of halogens is 2. The van der Waals surface area contributed by atoms with Crippen molar-refractivity contribution in [3.05, 3.63) is 56.3 Å². The molecule has 0 unspecified atom stereocenters. The molecule has 0 bridgehead atoms. The molecule has 0 saturated carbocycles. The Morgan fingerprint density at radius 2 is 2.12 bits per heavy atom. The Kier molecular flexibility index (Phi) is 4.84. The van der Waals surface area contributed by atoms with E-state index in [1.807, 2.05) is 13.0 Å². The van der Waals surface area contributed by atoms with Crippen LogP contribution < -0.4 is 5.32 Å². The summed E-state index contributed by atoms with van der Waals surface area (Å²) in [4.78, 5) is 17.2. The molecule has 0 spiro atoms. The van der Waals surface area contributed by atoms with Gasteiger partial charge in [0.1, 0.15) is 6.20 Å². The van der Waals surface area contributed by atoms with Crippen molar-refractivity contribution in [2.24, 2.45) is 0 Å². The second kappa shape index (κ2) is 6.88. The number of thiazole rings is 1. The molecule has 123 valence electrons. The molecule has 3 aromatic rings. The van der Waals surface area contributed by atoms with Crippen LogP contribution in [0.15, 0.2) is 18.2 Å². The lowest BCUT2D eigenvalue weighted by Crippen LogP contribution is -2.14. The molecule has 2 aromatic heterocycles. The number of carbonyl (C=O) groups is 1. The molecule has 24 heavy (non-hydrogen) atoms. The van der Waals surface area contributed by atoms with Gasteiger partial charge >= 0.3 is 0 Å². The molecular formula is C15H12Cl2N5OS. The SMILES string of the molecule is Cc1[c]nc(NC(=O)c2nnn(Cc3ccc(Cl)c(Cl)c3)c2C)s1. The second-order valence-electron chi connectivity index (χ2n) is 5.07. The first-order chi connectivity index (χ1) is 11.4. The number of nitrogens with zero attached hydrogens (tertiary/aromatic N) is 4. The summed E-state index contributed by atoms with van der Waals surface area (Å²) >= 11 is 13.3. The third-order valence-electron chi connectivity index (χ3n) is 3.30. The molecule has 0 aliphatic carbocycles. The smallest absolute Gasteiger partial charge is 0.279 e. The zero-order valence-electron chi connectivity index (χ0n) is 12.8. The lowest BCUT2D eigenvalue weighted by Gasteiger charge is -2.05. The molecule has 0 fully saturated rings. The van der Waals surface area contributed by atoms with E-state index in [4.69, 9.17) is 23.2 Å². The Balaban J connectivity index is 1.77. The van der Waals surface area contributed by atoms with E-state index >= 15 is 0 Å². The van der Waals surface area contributed by atoms with Gasteiger partial charge < -0.3 is 0 Å². The molecule has 1 N–H and O–H groups in total. The normalized spacial score (nSPS) is 10.8. The van der Waals surface area contributed by atoms with Crippen LogP contribution >= 0.6 is 34.5 Å². The highest BCUT2D eigenvalue weighted by atomic mass is 35.5. The molecule has 0 aliphatic heterocycles. The van der Waals surface area contributed by atoms with Crippen molar-refractivity contribution in [2.75, 3.05) is 5.32 Å². The van der Waals surface area contributed by atoms with Crippen molar-refractivity contribution in [3.63, 3.8) is 0 Å². The Morgan fingerprint density at radius 1 is 1.33 bits per heavy atom. The van der Waals surface area contributed by atoms with Crippen molar-refractivity contribution in [3.8, 4) is 0 Å². The average molecular weight is 381 g/mol. The van der Waals surface area contributed by atoms with Crippen LogP contribution in [0.3, 0.4) is 0 Å². The molecule has 2 heterocycles. The van der Waals surface area contributed by atoms with Crippen LogP contribution in [0.5, 0.6) is 0 Å². The van der Waals surface area contributed by atoms with E-state index < -0.39 is 0 Å². The van der Waals surface area contributed by atoms with Gasteiger partial charge in [0.2, 0.25) is 0 Å². The fourth-order valence-corrected chi connectivity index (χ4v) is 3.00. The number of benzene rings is 1. The molecule has 1 amide bonds. The van der Waals surface area contributed by atoms with Gasteiger partial charge in [0.15, 0.2) is 10.8 Å². The Morgan fingerprint density at radius 3 is 2.79 bits per heavy atom. The third kappa shape index (κ3) is 3.58. The quantitative estimate of drug-likeness (QED) is 0.747. The number of aryl methyl sites for hydroxylation is 1. The van der Waals surface area contributed by atoms with Crippen molar-refractivity contribution < 1.29 is 4.79 Å². The van der Waals surface area contributed by atoms with Crippen molar-refractivity contribution in [1.29, 1.82) is 0 Å². The van der Waals surface area contributed by atoms with Crippen LogP contribution in [0, 0.1) is 20.0 Å². The minimum Gasteiger partial charge on any atom is -0.296 e. The monoisotopic (exact) mass is 380 g/mol. The lowest BCUT2D eigenvalue weighted by atomic mass is 10.2. The Labute approximate surface area is 152 Å². The maximum Gasteiger partial charge on any atom is 0.279 e. The second-order valence-corrected chi connectivity index (χ2v) is 7.09. The molecule has 3 rings (SSSR count). The highest BCUT2D eigenvalue weighted by molar-refractivity contribution is 7.15. The summed E-state index contributed by atoms with van der Waals surface area (Å²) in [7, 11) is 0. The third-order valence-corrected chi connectivity index (χ3v) is 4.82. The maximum atomic E-state index is 12.3. The van der Waals surface area contributed by atoms with Crippen LogP contribution in [0.25, 0.3) is 0 Å². The predicted octanol–water partition coefficient (Wildman–Crippen LogP) is 3.76. The fraction of sp³-hybridized carbons (Fsp3) is 0.200. The van der Waals surface area contributed by atoms with Gasteiger partial charge in [-0.1, -0.05) is 34.5 Å². The van der Waals surface area contributed by atoms with Gasteiger partial charge in [-0.2, -0.15) is 0 Å². The number of aromatic nitrogens is 4. The van der Waals surface area contributed by atoms with E-state index in [1.54, 1.807) is 23.7 Å². The number of hydrogen-bond donors (Lipinski definition) is 1. The number of hydrogen-bond acceptors (Lipinski definition) is 5. The van der Waals surface area contributed by atoms with E-state index in [-0.39, 0.29) is 11.6 Å². The van der Waals surface area contributed by atoms with Gasteiger partial charge in [-0.15, -0.1) is 16.4 Å². The molecule has 9 heteroatoms. The molecule has 6 nitrogen and oxygen atoms in total. The molecular weight excluding hydrogens is 369 g/mol. The van der Waals surface area contributed by atoms with Gasteiger partial charge in [-0.05, 0) is 31.5 Å². The standard InChI is InChI=1S/C15H12Cl2N5OS/c1-8-6-18-15(24-8)19-14(23)13-9(2)22(21-20-13)7-10-3-4-11(16)12(17)5-10/h3-5H,7H2,1-2H3,(H,18,19,23). The van der Waals surface area contributed by atoms with Gasteiger partial charge in [-0.3, -0.25) is 10.1 Å². The molecule has 1 aromatic carbocycles. The lowest BCUT2D eigenvalue weighted by molar-refractivity contribution is 0.102. The van der Waals surface area contributed by atoms with Gasteiger partial charge in [-0.25, -0.2) is 9.67 Å². The molecule has 0 aliphatic rings. The van der Waals surface area contributed by atoms with Gasteiger partial charge in [0.05, 0.1) is 22.3 Å². The summed E-state index contributed by atoms with van der Waals surface area (Å²) in [6, 6.07) is 5.34. The zero-order valence-corrected chi connectivity index (χ0v) is 15.1. The summed E-state index contributed by atoms with van der Waals surface area (Å²) < 4.78 is 1.63. The molecule has 0 saturated heterocycles. The number of carbonyl (C=O) groups excluding carboxylic acids is 1. The summed E-state index contributed by atoms with van der Waals surface area (Å²) in [6.45, 7) is 4.09. The fourth-order valence-electron chi connectivity index (χ4n) is 2.06. The number of anilines is 1.